The zero-order valence-corrected chi connectivity index (χ0v) is 33.5. The summed E-state index contributed by atoms with van der Waals surface area (Å²) in [7, 11) is 0. The molecule has 3 aliphatic carbocycles. The molecule has 2 saturated carbocycles. The minimum absolute atomic E-state index is 0.0276. The van der Waals surface area contributed by atoms with Gasteiger partial charge in [0.15, 0.2) is 17.5 Å². The van der Waals surface area contributed by atoms with Crippen LogP contribution in [0, 0.1) is 16.7 Å². The van der Waals surface area contributed by atoms with Gasteiger partial charge in [0.25, 0.3) is 0 Å². The number of esters is 2. The number of ketones is 1. The molecule has 14 heteroatoms. The van der Waals surface area contributed by atoms with Crippen molar-refractivity contribution in [2.45, 2.75) is 102 Å². The lowest BCUT2D eigenvalue weighted by molar-refractivity contribution is -0.346. The Kier molecular flexibility index (Phi) is 11.2. The van der Waals surface area contributed by atoms with Crippen molar-refractivity contribution >= 4 is 30.0 Å². The molecule has 9 atom stereocenters. The quantitative estimate of drug-likeness (QED) is 0.150. The normalized spacial score (nSPS) is 31.7. The molecule has 1 heterocycles. The van der Waals surface area contributed by atoms with E-state index in [-0.39, 0.29) is 43.0 Å². The molecule has 3 aromatic rings. The lowest BCUT2D eigenvalue weighted by Crippen LogP contribution is -2.82. The summed E-state index contributed by atoms with van der Waals surface area (Å²) in [6.45, 7) is 6.66. The third kappa shape index (κ3) is 7.27. The summed E-state index contributed by atoms with van der Waals surface area (Å²) >= 11 is 0. The van der Waals surface area contributed by atoms with Crippen LogP contribution < -0.4 is 0 Å². The Morgan fingerprint density at radius 1 is 0.797 bits per heavy atom. The van der Waals surface area contributed by atoms with Gasteiger partial charge in [-0.2, -0.15) is 0 Å². The summed E-state index contributed by atoms with van der Waals surface area (Å²) in [6, 6.07) is 25.6. The number of carbonyl (C=O) groups excluding carboxylic acids is 5. The van der Waals surface area contributed by atoms with Gasteiger partial charge >= 0.3 is 24.2 Å². The Hall–Kier alpha value is -5.57. The Balaban J connectivity index is 1.40. The number of Topliss-reactive ketones (excluding diaryl/α,β-unsaturated/α-hetero) is 1. The van der Waals surface area contributed by atoms with E-state index in [4.69, 9.17) is 33.2 Å². The second-order valence-electron chi connectivity index (χ2n) is 16.4. The number of aliphatic hydroxyl groups excluding tert-OH is 1. The summed E-state index contributed by atoms with van der Waals surface area (Å²) in [5, 5.41) is 25.2. The van der Waals surface area contributed by atoms with Crippen molar-refractivity contribution in [2.24, 2.45) is 16.7 Å². The SMILES string of the molecule is CC(=O)O[C@@]12CO[C@@H]1C[C@H](OC(=O)OCc1ccccc1)[C@@]1(C)C(=O)[C@H](OC(=O)OCc3ccccc3)C3=C(C)[C@@H](O)CC(O)([C@@H](OC(=O)c4ccccc4)[C@H]21)C3(C)C. The summed E-state index contributed by atoms with van der Waals surface area (Å²) in [4.78, 5) is 70.6. The third-order valence-electron chi connectivity index (χ3n) is 12.7. The van der Waals surface area contributed by atoms with Crippen molar-refractivity contribution in [3.05, 3.63) is 119 Å². The maximum atomic E-state index is 15.9. The Morgan fingerprint density at radius 3 is 1.86 bits per heavy atom. The predicted octanol–water partition coefficient (Wildman–Crippen LogP) is 5.80. The average molecular weight is 813 g/mol. The fourth-order valence-corrected chi connectivity index (χ4v) is 9.60. The number of aliphatic hydroxyl groups is 2. The summed E-state index contributed by atoms with van der Waals surface area (Å²) in [5.74, 6) is -4.08. The number of benzene rings is 3. The molecule has 4 aliphatic rings. The van der Waals surface area contributed by atoms with E-state index in [1.807, 2.05) is 0 Å². The molecule has 1 saturated heterocycles. The van der Waals surface area contributed by atoms with E-state index in [1.165, 1.54) is 26.0 Å². The minimum Gasteiger partial charge on any atom is -0.455 e. The molecular weight excluding hydrogens is 764 g/mol. The highest BCUT2D eigenvalue weighted by Gasteiger charge is 2.79. The lowest BCUT2D eigenvalue weighted by Gasteiger charge is -2.67. The van der Waals surface area contributed by atoms with E-state index in [0.29, 0.717) is 11.1 Å². The highest BCUT2D eigenvalue weighted by atomic mass is 16.7. The number of hydrogen-bond donors (Lipinski definition) is 2. The van der Waals surface area contributed by atoms with E-state index in [1.54, 1.807) is 99.6 Å². The van der Waals surface area contributed by atoms with Crippen molar-refractivity contribution in [1.29, 1.82) is 0 Å². The number of ether oxygens (including phenoxy) is 7. The fraction of sp³-hybridized carbons (Fsp3) is 0.444. The van der Waals surface area contributed by atoms with E-state index in [2.05, 4.69) is 0 Å². The molecule has 3 fully saturated rings. The maximum Gasteiger partial charge on any atom is 0.509 e. The van der Waals surface area contributed by atoms with Gasteiger partial charge in [-0.1, -0.05) is 92.7 Å². The molecule has 0 radical (unpaired) electrons. The summed E-state index contributed by atoms with van der Waals surface area (Å²) in [6.07, 6.45) is -10.6. The van der Waals surface area contributed by atoms with Crippen LogP contribution in [0.15, 0.2) is 102 Å². The Labute approximate surface area is 341 Å². The molecule has 59 heavy (non-hydrogen) atoms. The zero-order valence-electron chi connectivity index (χ0n) is 33.5. The number of hydrogen-bond acceptors (Lipinski definition) is 14. The molecule has 0 amide bonds. The van der Waals surface area contributed by atoms with Gasteiger partial charge < -0.3 is 43.4 Å². The number of rotatable bonds is 9. The molecule has 1 aliphatic heterocycles. The molecule has 0 spiro atoms. The Morgan fingerprint density at radius 2 is 1.34 bits per heavy atom. The second kappa shape index (κ2) is 15.9. The van der Waals surface area contributed by atoms with Gasteiger partial charge in [-0.15, -0.1) is 0 Å². The summed E-state index contributed by atoms with van der Waals surface area (Å²) in [5.41, 5.74) is -6.12. The van der Waals surface area contributed by atoms with E-state index in [9.17, 15) is 29.4 Å². The third-order valence-corrected chi connectivity index (χ3v) is 12.7. The van der Waals surface area contributed by atoms with Gasteiger partial charge in [-0.3, -0.25) is 9.59 Å². The van der Waals surface area contributed by atoms with Gasteiger partial charge in [0.05, 0.1) is 29.6 Å². The van der Waals surface area contributed by atoms with E-state index >= 15 is 4.79 Å². The van der Waals surface area contributed by atoms with Crippen LogP contribution in [0.25, 0.3) is 0 Å². The fourth-order valence-electron chi connectivity index (χ4n) is 9.60. The molecule has 1 unspecified atom stereocenters. The van der Waals surface area contributed by atoms with Crippen LogP contribution in [-0.4, -0.2) is 88.6 Å². The first kappa shape index (κ1) is 41.6. The standard InChI is InChI=1S/C45H48O14/c1-26-31(47)22-45(52)38(58-39(49)30-19-13-8-14-20-30)36-43(5,37(48)35(34(26)42(45,3)4)57-41(51)54-24-29-17-11-7-12-18-29)32(21-33-44(36,25-55-33)59-27(2)46)56-40(50)53-23-28-15-9-6-10-16-28/h6-20,31-33,35-36,38,47,52H,21-25H2,1-5H3/t31-,32-,33+,35+,36-,38-,43+,44-,45?/m0/s1. The van der Waals surface area contributed by atoms with Crippen LogP contribution in [0.4, 0.5) is 9.59 Å². The van der Waals surface area contributed by atoms with Crippen molar-refractivity contribution in [3.8, 4) is 0 Å². The van der Waals surface area contributed by atoms with Gasteiger partial charge in [0.1, 0.15) is 37.1 Å². The van der Waals surface area contributed by atoms with Crippen molar-refractivity contribution in [1.82, 2.24) is 0 Å². The molecule has 312 valence electrons. The molecule has 0 aromatic heterocycles. The smallest absolute Gasteiger partial charge is 0.455 e. The maximum absolute atomic E-state index is 15.9. The van der Waals surface area contributed by atoms with Crippen LogP contribution in [0.1, 0.15) is 68.9 Å². The van der Waals surface area contributed by atoms with Gasteiger partial charge in [-0.05, 0) is 48.3 Å². The molecular formula is C45H48O14. The molecule has 14 nitrogen and oxygen atoms in total. The van der Waals surface area contributed by atoms with Crippen LogP contribution in [-0.2, 0) is 56.0 Å². The second-order valence-corrected chi connectivity index (χ2v) is 16.4. The van der Waals surface area contributed by atoms with Gasteiger partial charge in [-0.25, -0.2) is 14.4 Å². The first-order valence-electron chi connectivity index (χ1n) is 19.5. The van der Waals surface area contributed by atoms with E-state index < -0.39 is 94.9 Å². The average Bonchev–Trinajstić information content (AvgIpc) is 3.21. The van der Waals surface area contributed by atoms with Crippen molar-refractivity contribution in [2.75, 3.05) is 6.61 Å². The van der Waals surface area contributed by atoms with Gasteiger partial charge in [0.2, 0.25) is 0 Å². The van der Waals surface area contributed by atoms with Crippen molar-refractivity contribution in [3.63, 3.8) is 0 Å². The van der Waals surface area contributed by atoms with Crippen LogP contribution >= 0.6 is 0 Å². The molecule has 2 bridgehead atoms. The summed E-state index contributed by atoms with van der Waals surface area (Å²) < 4.78 is 41.6. The van der Waals surface area contributed by atoms with Crippen molar-refractivity contribution < 1.29 is 67.3 Å². The van der Waals surface area contributed by atoms with Crippen LogP contribution in [0.2, 0.25) is 0 Å². The van der Waals surface area contributed by atoms with Gasteiger partial charge in [0, 0.05) is 25.2 Å². The largest absolute Gasteiger partial charge is 0.509 e. The number of carbonyl (C=O) groups is 5. The number of fused-ring (bicyclic) bond motifs is 5. The first-order chi connectivity index (χ1) is 28.0. The Bertz CT molecular complexity index is 2120. The molecule has 7 rings (SSSR count). The molecule has 3 aromatic carbocycles. The monoisotopic (exact) mass is 812 g/mol. The van der Waals surface area contributed by atoms with E-state index in [0.717, 1.165) is 0 Å². The highest BCUT2D eigenvalue weighted by Crippen LogP contribution is 2.64. The lowest BCUT2D eigenvalue weighted by atomic mass is 9.44. The van der Waals surface area contributed by atoms with Crippen LogP contribution in [0.3, 0.4) is 0 Å². The highest BCUT2D eigenvalue weighted by molar-refractivity contribution is 5.95. The van der Waals surface area contributed by atoms with Crippen LogP contribution in [0.5, 0.6) is 0 Å². The molecule has 2 N–H and O–H groups in total. The predicted molar refractivity (Wildman–Crippen MR) is 206 cm³/mol. The minimum atomic E-state index is -2.28. The zero-order chi connectivity index (χ0) is 42.3. The topological polar surface area (TPSA) is 190 Å². The first-order valence-corrected chi connectivity index (χ1v) is 19.5.